The van der Waals surface area contributed by atoms with Gasteiger partial charge in [0.15, 0.2) is 3.95 Å². The van der Waals surface area contributed by atoms with E-state index in [2.05, 4.69) is 4.99 Å². The molecular weight excluding hydrogens is 429 g/mol. The first-order valence-electron chi connectivity index (χ1n) is 8.08. The molecular formula is C19H14ClF3N2OS2. The van der Waals surface area contributed by atoms with Crippen LogP contribution < -0.4 is 0 Å². The number of aromatic hydroxyl groups is 1. The number of thiazole rings is 1. The summed E-state index contributed by atoms with van der Waals surface area (Å²) in [6.07, 6.45) is -3.23. The number of nitrogens with zero attached hydrogens (tertiary/aromatic N) is 2. The predicted octanol–water partition coefficient (Wildman–Crippen LogP) is 7.02. The van der Waals surface area contributed by atoms with Gasteiger partial charge in [-0.3, -0.25) is 9.56 Å². The average Bonchev–Trinajstić information content (AvgIpc) is 2.93. The fourth-order valence-corrected chi connectivity index (χ4v) is 4.12. The van der Waals surface area contributed by atoms with Gasteiger partial charge in [0.2, 0.25) is 5.88 Å². The molecule has 146 valence electrons. The largest absolute Gasteiger partial charge is 0.493 e. The SMILES string of the molecule is C[C@@H](c1ccccc1)n1c(O)c(C=Nc2cc(C(F)(F)F)ccc2Cl)sc1=S. The second-order valence-electron chi connectivity index (χ2n) is 5.93. The lowest BCUT2D eigenvalue weighted by Gasteiger charge is -2.14. The van der Waals surface area contributed by atoms with Gasteiger partial charge in [-0.1, -0.05) is 53.3 Å². The maximum Gasteiger partial charge on any atom is 0.416 e. The lowest BCUT2D eigenvalue weighted by atomic mass is 10.1. The third-order valence-electron chi connectivity index (χ3n) is 4.11. The van der Waals surface area contributed by atoms with Crippen LogP contribution in [0.5, 0.6) is 5.88 Å². The molecule has 9 heteroatoms. The van der Waals surface area contributed by atoms with Crippen LogP contribution in [-0.2, 0) is 6.18 Å². The van der Waals surface area contributed by atoms with Crippen molar-refractivity contribution in [1.82, 2.24) is 4.57 Å². The fraction of sp³-hybridized carbons (Fsp3) is 0.158. The highest BCUT2D eigenvalue weighted by Crippen LogP contribution is 2.36. The van der Waals surface area contributed by atoms with Crippen molar-refractivity contribution in [2.75, 3.05) is 0 Å². The number of aliphatic imine (C=N–C) groups is 1. The van der Waals surface area contributed by atoms with Crippen LogP contribution in [0, 0.1) is 3.95 Å². The van der Waals surface area contributed by atoms with Crippen LogP contribution in [0.15, 0.2) is 53.5 Å². The van der Waals surface area contributed by atoms with Crippen LogP contribution in [0.1, 0.15) is 29.0 Å². The summed E-state index contributed by atoms with van der Waals surface area (Å²) in [6.45, 7) is 1.89. The van der Waals surface area contributed by atoms with Crippen LogP contribution in [0.2, 0.25) is 5.02 Å². The Morgan fingerprint density at radius 1 is 1.21 bits per heavy atom. The van der Waals surface area contributed by atoms with Crippen molar-refractivity contribution in [3.8, 4) is 5.88 Å². The molecule has 3 aromatic rings. The van der Waals surface area contributed by atoms with Gasteiger partial charge in [-0.15, -0.1) is 0 Å². The summed E-state index contributed by atoms with van der Waals surface area (Å²) < 4.78 is 40.6. The maximum absolute atomic E-state index is 12.9. The molecule has 0 unspecified atom stereocenters. The minimum Gasteiger partial charge on any atom is -0.493 e. The van der Waals surface area contributed by atoms with E-state index in [4.69, 9.17) is 23.8 Å². The quantitative estimate of drug-likeness (QED) is 0.348. The third kappa shape index (κ3) is 4.29. The normalized spacial score (nSPS) is 13.2. The van der Waals surface area contributed by atoms with Gasteiger partial charge in [-0.25, -0.2) is 0 Å². The van der Waals surface area contributed by atoms with Gasteiger partial charge in [0, 0.05) is 0 Å². The first-order valence-corrected chi connectivity index (χ1v) is 9.69. The minimum atomic E-state index is -4.50. The van der Waals surface area contributed by atoms with Gasteiger partial charge >= 0.3 is 6.18 Å². The molecule has 1 heterocycles. The highest BCUT2D eigenvalue weighted by molar-refractivity contribution is 7.73. The maximum atomic E-state index is 12.9. The minimum absolute atomic E-state index is 0.0436. The van der Waals surface area contributed by atoms with Crippen molar-refractivity contribution in [1.29, 1.82) is 0 Å². The summed E-state index contributed by atoms with van der Waals surface area (Å²) in [5.41, 5.74) is 0.0603. The molecule has 0 saturated heterocycles. The predicted molar refractivity (Wildman–Crippen MR) is 109 cm³/mol. The Balaban J connectivity index is 1.96. The Morgan fingerprint density at radius 2 is 1.89 bits per heavy atom. The molecule has 0 spiro atoms. The Morgan fingerprint density at radius 3 is 2.54 bits per heavy atom. The molecule has 0 fully saturated rings. The number of rotatable bonds is 4. The van der Waals surface area contributed by atoms with Crippen molar-refractivity contribution < 1.29 is 18.3 Å². The van der Waals surface area contributed by atoms with Crippen LogP contribution in [0.4, 0.5) is 18.9 Å². The molecule has 0 saturated carbocycles. The molecule has 0 aliphatic rings. The van der Waals surface area contributed by atoms with Gasteiger partial charge < -0.3 is 5.11 Å². The first kappa shape index (κ1) is 20.6. The Hall–Kier alpha value is -2.16. The molecule has 3 rings (SSSR count). The van der Waals surface area contributed by atoms with Crippen molar-refractivity contribution in [2.45, 2.75) is 19.1 Å². The van der Waals surface area contributed by atoms with E-state index in [9.17, 15) is 18.3 Å². The van der Waals surface area contributed by atoms with Gasteiger partial charge in [-0.2, -0.15) is 13.2 Å². The van der Waals surface area contributed by atoms with E-state index in [1.807, 2.05) is 37.3 Å². The number of benzene rings is 2. The van der Waals surface area contributed by atoms with Crippen molar-refractivity contribution >= 4 is 47.1 Å². The van der Waals surface area contributed by atoms with Gasteiger partial charge in [0.1, 0.15) is 4.88 Å². The van der Waals surface area contributed by atoms with Crippen molar-refractivity contribution in [3.05, 3.63) is 73.5 Å². The highest BCUT2D eigenvalue weighted by atomic mass is 35.5. The molecule has 2 aromatic carbocycles. The summed E-state index contributed by atoms with van der Waals surface area (Å²) in [4.78, 5) is 4.37. The van der Waals surface area contributed by atoms with Crippen LogP contribution >= 0.6 is 35.2 Å². The highest BCUT2D eigenvalue weighted by Gasteiger charge is 2.31. The van der Waals surface area contributed by atoms with Crippen molar-refractivity contribution in [3.63, 3.8) is 0 Å². The molecule has 1 aromatic heterocycles. The van der Waals surface area contributed by atoms with E-state index in [1.165, 1.54) is 6.21 Å². The zero-order valence-electron chi connectivity index (χ0n) is 14.4. The fourth-order valence-electron chi connectivity index (χ4n) is 2.62. The second-order valence-corrected chi connectivity index (χ2v) is 8.02. The standard InChI is InChI=1S/C19H14ClF3N2OS2/c1-11(12-5-3-2-4-6-12)25-17(26)16(28-18(25)27)10-24-15-9-13(19(21,22)23)7-8-14(15)20/h2-11,26H,1H3/t11-/m0/s1. The summed E-state index contributed by atoms with van der Waals surface area (Å²) in [5, 5.41) is 10.6. The summed E-state index contributed by atoms with van der Waals surface area (Å²) in [5.74, 6) is -0.0989. The van der Waals surface area contributed by atoms with E-state index < -0.39 is 11.7 Å². The summed E-state index contributed by atoms with van der Waals surface area (Å²) >= 11 is 12.4. The molecule has 28 heavy (non-hydrogen) atoms. The van der Waals surface area contributed by atoms with E-state index >= 15 is 0 Å². The summed E-state index contributed by atoms with van der Waals surface area (Å²) in [6, 6.07) is 12.2. The molecule has 3 nitrogen and oxygen atoms in total. The zero-order chi connectivity index (χ0) is 20.5. The first-order chi connectivity index (χ1) is 13.2. The third-order valence-corrected chi connectivity index (χ3v) is 5.75. The molecule has 0 aliphatic carbocycles. The van der Waals surface area contributed by atoms with Gasteiger partial charge in [-0.05, 0) is 42.9 Å². The molecule has 0 aliphatic heterocycles. The Bertz CT molecular complexity index is 1080. The number of halogens is 4. The number of hydrogen-bond donors (Lipinski definition) is 1. The average molecular weight is 443 g/mol. The van der Waals surface area contributed by atoms with E-state index in [-0.39, 0.29) is 22.6 Å². The van der Waals surface area contributed by atoms with Gasteiger partial charge in [0.05, 0.1) is 28.5 Å². The molecule has 0 radical (unpaired) electrons. The lowest BCUT2D eigenvalue weighted by molar-refractivity contribution is -0.137. The van der Waals surface area contributed by atoms with Crippen LogP contribution in [0.25, 0.3) is 0 Å². The smallest absolute Gasteiger partial charge is 0.416 e. The van der Waals surface area contributed by atoms with E-state index in [0.717, 1.165) is 35.1 Å². The van der Waals surface area contributed by atoms with Gasteiger partial charge in [0.25, 0.3) is 0 Å². The molecule has 1 atom stereocenters. The van der Waals surface area contributed by atoms with Crippen LogP contribution in [0.3, 0.4) is 0 Å². The molecule has 0 bridgehead atoms. The Kier molecular flexibility index (Phi) is 5.92. The molecule has 1 N–H and O–H groups in total. The topological polar surface area (TPSA) is 37.5 Å². The lowest BCUT2D eigenvalue weighted by Crippen LogP contribution is -2.06. The van der Waals surface area contributed by atoms with Crippen molar-refractivity contribution in [2.24, 2.45) is 4.99 Å². The Labute approximate surface area is 173 Å². The van der Waals surface area contributed by atoms with E-state index in [0.29, 0.717) is 8.83 Å². The second kappa shape index (κ2) is 8.06. The van der Waals surface area contributed by atoms with E-state index in [1.54, 1.807) is 4.57 Å². The molecule has 0 amide bonds. The van der Waals surface area contributed by atoms with Crippen LogP contribution in [-0.4, -0.2) is 15.9 Å². The monoisotopic (exact) mass is 442 g/mol. The number of hydrogen-bond acceptors (Lipinski definition) is 4. The summed E-state index contributed by atoms with van der Waals surface area (Å²) in [7, 11) is 0. The number of alkyl halides is 3. The zero-order valence-corrected chi connectivity index (χ0v) is 16.8. The number of aromatic nitrogens is 1.